The fourth-order valence-electron chi connectivity index (χ4n) is 4.32. The summed E-state index contributed by atoms with van der Waals surface area (Å²) >= 11 is 1.64. The van der Waals surface area contributed by atoms with Crippen molar-refractivity contribution in [1.82, 2.24) is 9.88 Å². The molecule has 5 rings (SSSR count). The van der Waals surface area contributed by atoms with Crippen LogP contribution in [0.4, 0.5) is 10.8 Å². The van der Waals surface area contributed by atoms with Gasteiger partial charge < -0.3 is 19.1 Å². The van der Waals surface area contributed by atoms with E-state index in [0.717, 1.165) is 30.4 Å². The lowest BCUT2D eigenvalue weighted by Gasteiger charge is -2.34. The van der Waals surface area contributed by atoms with Crippen LogP contribution in [0.2, 0.25) is 0 Å². The van der Waals surface area contributed by atoms with Gasteiger partial charge >= 0.3 is 0 Å². The monoisotopic (exact) mass is 408 g/mol. The van der Waals surface area contributed by atoms with Crippen molar-refractivity contribution in [2.75, 3.05) is 36.0 Å². The van der Waals surface area contributed by atoms with Crippen LogP contribution < -0.4 is 9.80 Å². The van der Waals surface area contributed by atoms with Crippen molar-refractivity contribution in [1.29, 1.82) is 0 Å². The van der Waals surface area contributed by atoms with Crippen molar-refractivity contribution in [2.45, 2.75) is 25.9 Å². The van der Waals surface area contributed by atoms with E-state index in [9.17, 15) is 4.79 Å². The van der Waals surface area contributed by atoms with Gasteiger partial charge in [0.1, 0.15) is 5.76 Å². The Morgan fingerprint density at radius 3 is 2.83 bits per heavy atom. The second kappa shape index (κ2) is 7.55. The van der Waals surface area contributed by atoms with Crippen LogP contribution >= 0.6 is 11.3 Å². The molecule has 1 fully saturated rings. The van der Waals surface area contributed by atoms with Crippen LogP contribution in [0.3, 0.4) is 0 Å². The third-order valence-electron chi connectivity index (χ3n) is 5.89. The summed E-state index contributed by atoms with van der Waals surface area (Å²) in [7, 11) is 0. The highest BCUT2D eigenvalue weighted by Gasteiger charge is 2.30. The summed E-state index contributed by atoms with van der Waals surface area (Å²) in [5.41, 5.74) is 3.29. The smallest absolute Gasteiger partial charge is 0.257 e. The fourth-order valence-corrected chi connectivity index (χ4v) is 5.02. The van der Waals surface area contributed by atoms with Gasteiger partial charge in [0.2, 0.25) is 0 Å². The number of amides is 1. The Hall–Kier alpha value is -2.80. The SMILES string of the molecule is CC1Cc2ccccc2N1Cc1occc1C(=O)N1CCN(c2nccs2)CC1. The number of furan rings is 1. The number of para-hydroxylation sites is 1. The van der Waals surface area contributed by atoms with Gasteiger partial charge in [0.25, 0.3) is 5.91 Å². The minimum absolute atomic E-state index is 0.0627. The Kier molecular flexibility index (Phi) is 4.75. The van der Waals surface area contributed by atoms with Crippen LogP contribution in [0.5, 0.6) is 0 Å². The first-order chi connectivity index (χ1) is 14.2. The van der Waals surface area contributed by atoms with Gasteiger partial charge in [0, 0.05) is 49.5 Å². The van der Waals surface area contributed by atoms with Crippen molar-refractivity contribution in [3.8, 4) is 0 Å². The average molecular weight is 409 g/mol. The standard InChI is InChI=1S/C22H24N4O2S/c1-16-14-17-4-2-3-5-19(17)26(16)15-20-18(6-12-28-20)21(27)24-8-10-25(11-9-24)22-23-7-13-29-22/h2-7,12-13,16H,8-11,14-15H2,1H3. The second-order valence-electron chi connectivity index (χ2n) is 7.66. The summed E-state index contributed by atoms with van der Waals surface area (Å²) in [5.74, 6) is 0.814. The number of hydrogen-bond acceptors (Lipinski definition) is 6. The van der Waals surface area contributed by atoms with E-state index >= 15 is 0 Å². The Bertz CT molecular complexity index is 992. The summed E-state index contributed by atoms with van der Waals surface area (Å²) in [4.78, 5) is 24.1. The average Bonchev–Trinajstić information content (AvgIpc) is 3.49. The number of anilines is 2. The Labute approximate surface area is 174 Å². The largest absolute Gasteiger partial charge is 0.467 e. The van der Waals surface area contributed by atoms with Crippen LogP contribution in [0.15, 0.2) is 52.6 Å². The molecule has 6 nitrogen and oxygen atoms in total. The van der Waals surface area contributed by atoms with E-state index in [-0.39, 0.29) is 5.91 Å². The zero-order chi connectivity index (χ0) is 19.8. The van der Waals surface area contributed by atoms with Crippen molar-refractivity contribution >= 4 is 28.1 Å². The maximum atomic E-state index is 13.2. The fraction of sp³-hybridized carbons (Fsp3) is 0.364. The van der Waals surface area contributed by atoms with Gasteiger partial charge in [-0.1, -0.05) is 18.2 Å². The van der Waals surface area contributed by atoms with E-state index in [1.165, 1.54) is 11.3 Å². The second-order valence-corrected chi connectivity index (χ2v) is 8.53. The Morgan fingerprint density at radius 2 is 2.03 bits per heavy atom. The molecule has 3 aromatic rings. The number of fused-ring (bicyclic) bond motifs is 1. The molecule has 2 aliphatic rings. The topological polar surface area (TPSA) is 52.8 Å². The van der Waals surface area contributed by atoms with E-state index in [1.54, 1.807) is 17.6 Å². The number of benzene rings is 1. The molecule has 150 valence electrons. The van der Waals surface area contributed by atoms with E-state index in [0.29, 0.717) is 31.2 Å². The quantitative estimate of drug-likeness (QED) is 0.660. The molecule has 0 bridgehead atoms. The van der Waals surface area contributed by atoms with Crippen LogP contribution in [0.1, 0.15) is 28.6 Å². The summed E-state index contributed by atoms with van der Waals surface area (Å²) in [6.45, 7) is 5.86. The molecule has 29 heavy (non-hydrogen) atoms. The number of nitrogens with zero attached hydrogens (tertiary/aromatic N) is 4. The number of carbonyl (C=O) groups is 1. The molecule has 2 aliphatic heterocycles. The molecule has 0 radical (unpaired) electrons. The van der Waals surface area contributed by atoms with Gasteiger partial charge in [0.05, 0.1) is 18.4 Å². The molecule has 2 aromatic heterocycles. The van der Waals surface area contributed by atoms with Gasteiger partial charge in [0.15, 0.2) is 5.13 Å². The summed E-state index contributed by atoms with van der Waals surface area (Å²) in [6.07, 6.45) is 4.49. The normalized spacial score (nSPS) is 18.9. The molecule has 0 aliphatic carbocycles. The zero-order valence-corrected chi connectivity index (χ0v) is 17.3. The molecule has 1 unspecified atom stereocenters. The number of aromatic nitrogens is 1. The lowest BCUT2D eigenvalue weighted by Crippen LogP contribution is -2.49. The van der Waals surface area contributed by atoms with E-state index in [2.05, 4.69) is 46.0 Å². The van der Waals surface area contributed by atoms with E-state index < -0.39 is 0 Å². The highest BCUT2D eigenvalue weighted by atomic mass is 32.1. The van der Waals surface area contributed by atoms with Gasteiger partial charge in [-0.15, -0.1) is 11.3 Å². The Balaban J connectivity index is 1.29. The summed E-state index contributed by atoms with van der Waals surface area (Å²) < 4.78 is 5.77. The van der Waals surface area contributed by atoms with Crippen molar-refractivity contribution in [2.24, 2.45) is 0 Å². The molecule has 1 saturated heterocycles. The van der Waals surface area contributed by atoms with Crippen molar-refractivity contribution in [3.05, 3.63) is 65.1 Å². The predicted octanol–water partition coefficient (Wildman–Crippen LogP) is 3.65. The molecule has 1 aromatic carbocycles. The third-order valence-corrected chi connectivity index (χ3v) is 6.73. The lowest BCUT2D eigenvalue weighted by molar-refractivity contribution is 0.0744. The number of piperazine rings is 1. The molecule has 0 saturated carbocycles. The summed E-state index contributed by atoms with van der Waals surface area (Å²) in [5, 5.41) is 3.02. The van der Waals surface area contributed by atoms with Crippen molar-refractivity contribution < 1.29 is 9.21 Å². The van der Waals surface area contributed by atoms with Crippen molar-refractivity contribution in [3.63, 3.8) is 0 Å². The molecular formula is C22H24N4O2S. The maximum absolute atomic E-state index is 13.2. The van der Waals surface area contributed by atoms with Crippen LogP contribution in [0.25, 0.3) is 0 Å². The van der Waals surface area contributed by atoms with Gasteiger partial charge in [-0.25, -0.2) is 4.98 Å². The van der Waals surface area contributed by atoms with Gasteiger partial charge in [-0.2, -0.15) is 0 Å². The van der Waals surface area contributed by atoms with Crippen LogP contribution in [0, 0.1) is 0 Å². The molecule has 4 heterocycles. The minimum atomic E-state index is 0.0627. The van der Waals surface area contributed by atoms with Gasteiger partial charge in [-0.3, -0.25) is 4.79 Å². The molecule has 1 atom stereocenters. The Morgan fingerprint density at radius 1 is 1.21 bits per heavy atom. The first-order valence-electron chi connectivity index (χ1n) is 10.1. The number of rotatable bonds is 4. The van der Waals surface area contributed by atoms with Crippen LogP contribution in [-0.2, 0) is 13.0 Å². The lowest BCUT2D eigenvalue weighted by atomic mass is 10.1. The zero-order valence-electron chi connectivity index (χ0n) is 16.5. The summed E-state index contributed by atoms with van der Waals surface area (Å²) in [6, 6.07) is 10.7. The highest BCUT2D eigenvalue weighted by molar-refractivity contribution is 7.13. The first-order valence-corrected chi connectivity index (χ1v) is 10.9. The minimum Gasteiger partial charge on any atom is -0.467 e. The number of thiazole rings is 1. The first kappa shape index (κ1) is 18.2. The number of carbonyl (C=O) groups excluding carboxylic acids is 1. The molecule has 1 amide bonds. The van der Waals surface area contributed by atoms with E-state index in [4.69, 9.17) is 4.42 Å². The third kappa shape index (κ3) is 3.40. The van der Waals surface area contributed by atoms with Gasteiger partial charge in [-0.05, 0) is 31.0 Å². The molecule has 0 N–H and O–H groups in total. The number of hydrogen-bond donors (Lipinski definition) is 0. The molecule has 0 spiro atoms. The highest BCUT2D eigenvalue weighted by Crippen LogP contribution is 2.33. The molecular weight excluding hydrogens is 384 g/mol. The van der Waals surface area contributed by atoms with E-state index in [1.807, 2.05) is 22.5 Å². The maximum Gasteiger partial charge on any atom is 0.257 e. The predicted molar refractivity (Wildman–Crippen MR) is 115 cm³/mol. The van der Waals surface area contributed by atoms with Crippen LogP contribution in [-0.4, -0.2) is 48.0 Å². The molecule has 7 heteroatoms.